The van der Waals surface area contributed by atoms with Crippen LogP contribution in [-0.2, 0) is 13.0 Å². The first-order chi connectivity index (χ1) is 9.70. The second-order valence-electron chi connectivity index (χ2n) is 4.51. The fourth-order valence-electron chi connectivity index (χ4n) is 1.94. The molecule has 108 valence electrons. The zero-order chi connectivity index (χ0) is 14.4. The predicted molar refractivity (Wildman–Crippen MR) is 80.7 cm³/mol. The second kappa shape index (κ2) is 7.21. The van der Waals surface area contributed by atoms with Crippen molar-refractivity contribution in [2.45, 2.75) is 19.9 Å². The van der Waals surface area contributed by atoms with E-state index in [4.69, 9.17) is 4.74 Å². The highest BCUT2D eigenvalue weighted by atomic mass is 32.1. The molecule has 0 saturated heterocycles. The van der Waals surface area contributed by atoms with E-state index in [9.17, 15) is 4.79 Å². The molecule has 5 nitrogen and oxygen atoms in total. The maximum Gasteiger partial charge on any atom is 0.299 e. The van der Waals surface area contributed by atoms with Crippen LogP contribution in [0.2, 0.25) is 0 Å². The lowest BCUT2D eigenvalue weighted by molar-refractivity contribution is 0.342. The van der Waals surface area contributed by atoms with Crippen LogP contribution in [0.3, 0.4) is 0 Å². The van der Waals surface area contributed by atoms with Gasteiger partial charge < -0.3 is 10.1 Å². The zero-order valence-corrected chi connectivity index (χ0v) is 12.6. The van der Waals surface area contributed by atoms with E-state index < -0.39 is 0 Å². The summed E-state index contributed by atoms with van der Waals surface area (Å²) in [6.07, 6.45) is 1.00. The number of ether oxygens (including phenoxy) is 1. The number of hydrogen-bond acceptors (Lipinski definition) is 5. The Morgan fingerprint density at radius 1 is 1.45 bits per heavy atom. The van der Waals surface area contributed by atoms with Crippen molar-refractivity contribution in [3.05, 3.63) is 44.5 Å². The Morgan fingerprint density at radius 3 is 3.00 bits per heavy atom. The Bertz CT molecular complexity index is 593. The molecule has 0 aliphatic heterocycles. The third-order valence-electron chi connectivity index (χ3n) is 2.97. The third kappa shape index (κ3) is 3.91. The molecule has 0 aliphatic rings. The van der Waals surface area contributed by atoms with Crippen LogP contribution in [0.1, 0.15) is 11.3 Å². The van der Waals surface area contributed by atoms with Gasteiger partial charge in [0.25, 0.3) is 11.6 Å². The van der Waals surface area contributed by atoms with Gasteiger partial charge in [-0.05, 0) is 42.3 Å². The van der Waals surface area contributed by atoms with Gasteiger partial charge in [0.2, 0.25) is 0 Å². The molecule has 20 heavy (non-hydrogen) atoms. The monoisotopic (exact) mass is 293 g/mol. The summed E-state index contributed by atoms with van der Waals surface area (Å²) in [6, 6.07) is 4.02. The summed E-state index contributed by atoms with van der Waals surface area (Å²) in [5.74, 6) is 0. The Hall–Kier alpha value is -1.66. The molecule has 0 radical (unpaired) electrons. The zero-order valence-electron chi connectivity index (χ0n) is 11.8. The minimum Gasteiger partial charge on any atom is -0.468 e. The molecule has 0 atom stereocenters. The van der Waals surface area contributed by atoms with Gasteiger partial charge >= 0.3 is 0 Å². The molecule has 1 N–H and O–H groups in total. The van der Waals surface area contributed by atoms with Crippen LogP contribution >= 0.6 is 11.3 Å². The Balaban J connectivity index is 1.83. The van der Waals surface area contributed by atoms with Gasteiger partial charge in [0.15, 0.2) is 0 Å². The minimum absolute atomic E-state index is 0.0750. The lowest BCUT2D eigenvalue weighted by Gasteiger charge is -2.11. The molecule has 0 fully saturated rings. The largest absolute Gasteiger partial charge is 0.468 e. The van der Waals surface area contributed by atoms with E-state index in [2.05, 4.69) is 27.1 Å². The second-order valence-corrected chi connectivity index (χ2v) is 5.29. The number of thiophene rings is 1. The number of rotatable bonds is 7. The van der Waals surface area contributed by atoms with E-state index in [1.807, 2.05) is 0 Å². The van der Waals surface area contributed by atoms with Crippen molar-refractivity contribution >= 4 is 11.3 Å². The molecular formula is C14H19N3O2S. The molecule has 0 amide bonds. The average Bonchev–Trinajstić information content (AvgIpc) is 2.93. The third-order valence-corrected chi connectivity index (χ3v) is 3.70. The number of aromatic nitrogens is 2. The highest BCUT2D eigenvalue weighted by Crippen LogP contribution is 2.06. The maximum absolute atomic E-state index is 11.9. The fourth-order valence-corrected chi connectivity index (χ4v) is 2.64. The summed E-state index contributed by atoms with van der Waals surface area (Å²) in [5.41, 5.74) is 1.94. The SMILES string of the molecule is COc1nc(C)cc(=O)n1CCNCCc1ccsc1. The van der Waals surface area contributed by atoms with Crippen molar-refractivity contribution in [1.82, 2.24) is 14.9 Å². The summed E-state index contributed by atoms with van der Waals surface area (Å²) >= 11 is 1.71. The van der Waals surface area contributed by atoms with Gasteiger partial charge in [0, 0.05) is 24.8 Å². The number of methoxy groups -OCH3 is 1. The van der Waals surface area contributed by atoms with Gasteiger partial charge in [-0.15, -0.1) is 0 Å². The fraction of sp³-hybridized carbons (Fsp3) is 0.429. The smallest absolute Gasteiger partial charge is 0.299 e. The highest BCUT2D eigenvalue weighted by Gasteiger charge is 2.06. The van der Waals surface area contributed by atoms with Gasteiger partial charge in [0.05, 0.1) is 7.11 Å². The normalized spacial score (nSPS) is 10.7. The van der Waals surface area contributed by atoms with Crippen LogP contribution in [0, 0.1) is 6.92 Å². The molecule has 2 rings (SSSR count). The van der Waals surface area contributed by atoms with Crippen LogP contribution in [0.4, 0.5) is 0 Å². The molecule has 2 aromatic heterocycles. The summed E-state index contributed by atoms with van der Waals surface area (Å²) < 4.78 is 6.69. The van der Waals surface area contributed by atoms with E-state index >= 15 is 0 Å². The first-order valence-electron chi connectivity index (χ1n) is 6.55. The van der Waals surface area contributed by atoms with Crippen molar-refractivity contribution in [2.24, 2.45) is 0 Å². The summed E-state index contributed by atoms with van der Waals surface area (Å²) in [4.78, 5) is 16.1. The molecule has 6 heteroatoms. The number of nitrogens with one attached hydrogen (secondary N) is 1. The highest BCUT2D eigenvalue weighted by molar-refractivity contribution is 7.07. The lowest BCUT2D eigenvalue weighted by Crippen LogP contribution is -2.29. The molecule has 0 aromatic carbocycles. The van der Waals surface area contributed by atoms with Crippen molar-refractivity contribution in [3.63, 3.8) is 0 Å². The van der Waals surface area contributed by atoms with Crippen LogP contribution in [0.25, 0.3) is 0 Å². The Kier molecular flexibility index (Phi) is 5.31. The lowest BCUT2D eigenvalue weighted by atomic mass is 10.2. The van der Waals surface area contributed by atoms with Crippen molar-refractivity contribution in [3.8, 4) is 6.01 Å². The first kappa shape index (κ1) is 14.7. The number of aryl methyl sites for hydroxylation is 1. The standard InChI is InChI=1S/C14H19N3O2S/c1-11-9-13(18)17(14(16-11)19-2)7-6-15-5-3-12-4-8-20-10-12/h4,8-10,15H,3,5-7H2,1-2H3. The quantitative estimate of drug-likeness (QED) is 0.785. The molecule has 0 bridgehead atoms. The molecule has 2 heterocycles. The molecule has 0 aliphatic carbocycles. The van der Waals surface area contributed by atoms with Crippen LogP contribution < -0.4 is 15.6 Å². The van der Waals surface area contributed by atoms with E-state index in [1.165, 1.54) is 18.7 Å². The maximum atomic E-state index is 11.9. The van der Waals surface area contributed by atoms with E-state index in [0.717, 1.165) is 13.0 Å². The van der Waals surface area contributed by atoms with Crippen LogP contribution in [0.5, 0.6) is 6.01 Å². The van der Waals surface area contributed by atoms with Gasteiger partial charge in [-0.25, -0.2) is 4.98 Å². The van der Waals surface area contributed by atoms with E-state index in [-0.39, 0.29) is 5.56 Å². The van der Waals surface area contributed by atoms with E-state index in [0.29, 0.717) is 24.8 Å². The molecule has 2 aromatic rings. The summed E-state index contributed by atoms with van der Waals surface area (Å²) in [6.45, 7) is 3.95. The van der Waals surface area contributed by atoms with Crippen molar-refractivity contribution in [1.29, 1.82) is 0 Å². The predicted octanol–water partition coefficient (Wildman–Crippen LogP) is 1.45. The van der Waals surface area contributed by atoms with Crippen molar-refractivity contribution in [2.75, 3.05) is 20.2 Å². The number of hydrogen-bond donors (Lipinski definition) is 1. The van der Waals surface area contributed by atoms with Crippen LogP contribution in [-0.4, -0.2) is 29.8 Å². The van der Waals surface area contributed by atoms with Gasteiger partial charge in [-0.1, -0.05) is 0 Å². The Labute approximate surface area is 122 Å². The first-order valence-corrected chi connectivity index (χ1v) is 7.49. The van der Waals surface area contributed by atoms with E-state index in [1.54, 1.807) is 22.8 Å². The van der Waals surface area contributed by atoms with Gasteiger partial charge in [-0.2, -0.15) is 11.3 Å². The average molecular weight is 293 g/mol. The molecule has 0 spiro atoms. The minimum atomic E-state index is -0.0750. The molecule has 0 saturated carbocycles. The van der Waals surface area contributed by atoms with Crippen molar-refractivity contribution < 1.29 is 4.74 Å². The van der Waals surface area contributed by atoms with Gasteiger partial charge in [-0.3, -0.25) is 9.36 Å². The summed E-state index contributed by atoms with van der Waals surface area (Å²) in [5, 5.41) is 7.56. The van der Waals surface area contributed by atoms with Crippen LogP contribution in [0.15, 0.2) is 27.7 Å². The molecule has 0 unspecified atom stereocenters. The number of nitrogens with zero attached hydrogens (tertiary/aromatic N) is 2. The topological polar surface area (TPSA) is 56.1 Å². The summed E-state index contributed by atoms with van der Waals surface area (Å²) in [7, 11) is 1.53. The Morgan fingerprint density at radius 2 is 2.30 bits per heavy atom. The van der Waals surface area contributed by atoms with Gasteiger partial charge in [0.1, 0.15) is 0 Å². The molecular weight excluding hydrogens is 274 g/mol.